The largest absolute Gasteiger partial charge is 3.00 e. The van der Waals surface area contributed by atoms with Crippen molar-refractivity contribution < 1.29 is 20.1 Å². The van der Waals surface area contributed by atoms with Crippen LogP contribution in [0.25, 0.3) is 50.2 Å². The minimum atomic E-state index is 0. The van der Waals surface area contributed by atoms with E-state index in [1.165, 1.54) is 16.7 Å². The van der Waals surface area contributed by atoms with Crippen LogP contribution in [0.4, 0.5) is 0 Å². The zero-order valence-corrected chi connectivity index (χ0v) is 29.4. The molecule has 0 spiro atoms. The molecule has 0 fully saturated rings. The number of hydrogen-bond acceptors (Lipinski definition) is 6. The van der Waals surface area contributed by atoms with Crippen LogP contribution in [0.5, 0.6) is 0 Å². The summed E-state index contributed by atoms with van der Waals surface area (Å²) in [4.78, 5) is 4.85. The summed E-state index contributed by atoms with van der Waals surface area (Å²) in [5.41, 5.74) is 11.5. The fourth-order valence-electron chi connectivity index (χ4n) is 4.76. The van der Waals surface area contributed by atoms with E-state index in [2.05, 4.69) is 48.8 Å². The van der Waals surface area contributed by atoms with E-state index in [0.717, 1.165) is 50.2 Å². The van der Waals surface area contributed by atoms with Gasteiger partial charge in [0.05, 0.1) is 0 Å². The van der Waals surface area contributed by atoms with Gasteiger partial charge in [-0.3, -0.25) is 0 Å². The second-order valence-electron chi connectivity index (χ2n) is 11.2. The third kappa shape index (κ3) is 7.84. The first-order valence-electron chi connectivity index (χ1n) is 15.4. The standard InChI is InChI=1S/3C13H10N3.Ir/c3*1-10-6-8-11(9-7-10)16-14-12-4-2-3-5-13(12)15-16;/h3*2-8H,1H3;/q3*-1;+3. The molecule has 0 bridgehead atoms. The van der Waals surface area contributed by atoms with Crippen molar-refractivity contribution in [3.8, 4) is 17.1 Å². The maximum absolute atomic E-state index is 4.39. The Labute approximate surface area is 297 Å². The number of nitrogens with zero attached hydrogens (tertiary/aromatic N) is 9. The molecular formula is C39H30IrN9. The number of benzene rings is 6. The van der Waals surface area contributed by atoms with Gasteiger partial charge in [-0.2, -0.15) is 116 Å². The number of aryl methyl sites for hydroxylation is 3. The molecule has 3 aromatic heterocycles. The minimum absolute atomic E-state index is 0. The third-order valence-corrected chi connectivity index (χ3v) is 7.36. The van der Waals surface area contributed by atoms with E-state index in [-0.39, 0.29) is 20.1 Å². The molecule has 0 saturated heterocycles. The third-order valence-electron chi connectivity index (χ3n) is 7.36. The van der Waals surface area contributed by atoms with Crippen LogP contribution in [-0.2, 0) is 20.1 Å². The van der Waals surface area contributed by atoms with Crippen molar-refractivity contribution in [3.63, 3.8) is 0 Å². The topological polar surface area (TPSA) is 92.1 Å². The fraction of sp³-hybridized carbons (Fsp3) is 0.0769. The Morgan fingerprint density at radius 2 is 0.571 bits per heavy atom. The first kappa shape index (κ1) is 33.1. The van der Waals surface area contributed by atoms with Gasteiger partial charge in [0.25, 0.3) is 0 Å². The normalized spacial score (nSPS) is 10.6. The van der Waals surface area contributed by atoms with Crippen LogP contribution in [0.3, 0.4) is 0 Å². The van der Waals surface area contributed by atoms with E-state index >= 15 is 0 Å². The molecule has 0 saturated carbocycles. The zero-order chi connectivity index (χ0) is 32.9. The van der Waals surface area contributed by atoms with Crippen molar-refractivity contribution in [1.82, 2.24) is 45.0 Å². The Morgan fingerprint density at radius 1 is 0.347 bits per heavy atom. The maximum Gasteiger partial charge on any atom is 3.00 e. The molecule has 3 heterocycles. The molecule has 0 N–H and O–H groups in total. The van der Waals surface area contributed by atoms with Crippen LogP contribution in [0.15, 0.2) is 127 Å². The number of aromatic nitrogens is 9. The smallest absolute Gasteiger partial charge is 0.176 e. The summed E-state index contributed by atoms with van der Waals surface area (Å²) in [6, 6.07) is 50.7. The Kier molecular flexibility index (Phi) is 10.1. The first-order valence-corrected chi connectivity index (χ1v) is 15.4. The molecular weight excluding hydrogens is 787 g/mol. The Morgan fingerprint density at radius 3 is 0.755 bits per heavy atom. The Hall–Kier alpha value is -5.83. The monoisotopic (exact) mass is 817 g/mol. The van der Waals surface area contributed by atoms with Crippen molar-refractivity contribution in [3.05, 3.63) is 162 Å². The molecule has 9 rings (SSSR count). The van der Waals surface area contributed by atoms with E-state index in [1.54, 1.807) is 14.4 Å². The number of fused-ring (bicyclic) bond motifs is 3. The minimum Gasteiger partial charge on any atom is -0.176 e. The summed E-state index contributed by atoms with van der Waals surface area (Å²) in [6.07, 6.45) is 0. The van der Waals surface area contributed by atoms with Crippen molar-refractivity contribution in [1.29, 1.82) is 0 Å². The van der Waals surface area contributed by atoms with Gasteiger partial charge in [0.15, 0.2) is 0 Å². The van der Waals surface area contributed by atoms with Crippen molar-refractivity contribution in [2.45, 2.75) is 20.8 Å². The van der Waals surface area contributed by atoms with Gasteiger partial charge >= 0.3 is 20.1 Å². The molecule has 0 aliphatic rings. The van der Waals surface area contributed by atoms with Crippen LogP contribution in [-0.4, -0.2) is 45.0 Å². The molecule has 0 unspecified atom stereocenters. The predicted octanol–water partition coefficient (Wildman–Crippen LogP) is 7.58. The van der Waals surface area contributed by atoms with E-state index in [1.807, 2.05) is 148 Å². The van der Waals surface area contributed by atoms with Gasteiger partial charge in [0.1, 0.15) is 33.1 Å². The molecule has 9 aromatic rings. The van der Waals surface area contributed by atoms with E-state index in [9.17, 15) is 0 Å². The Balaban J connectivity index is 0.000000126. The fourth-order valence-corrected chi connectivity index (χ4v) is 4.76. The molecule has 10 heteroatoms. The number of rotatable bonds is 3. The van der Waals surface area contributed by atoms with Gasteiger partial charge in [-0.1, -0.05) is 57.2 Å². The van der Waals surface area contributed by atoms with E-state index < -0.39 is 0 Å². The van der Waals surface area contributed by atoms with E-state index in [0.29, 0.717) is 0 Å². The molecule has 9 nitrogen and oxygen atoms in total. The molecule has 0 aliphatic carbocycles. The van der Waals surface area contributed by atoms with Gasteiger partial charge in [-0.25, -0.2) is 0 Å². The van der Waals surface area contributed by atoms with Gasteiger partial charge < -0.3 is 0 Å². The first-order chi connectivity index (χ1) is 23.5. The zero-order valence-electron chi connectivity index (χ0n) is 27.0. The molecule has 0 atom stereocenters. The quantitative estimate of drug-likeness (QED) is 0.171. The summed E-state index contributed by atoms with van der Waals surface area (Å²) in [7, 11) is 0. The predicted molar refractivity (Wildman–Crippen MR) is 187 cm³/mol. The van der Waals surface area contributed by atoms with Gasteiger partial charge in [0.2, 0.25) is 0 Å². The van der Waals surface area contributed by atoms with Crippen molar-refractivity contribution in [2.75, 3.05) is 0 Å². The average Bonchev–Trinajstić information content (AvgIpc) is 3.87. The SMILES string of the molecule is Cc1c[c-]c(-n2nc3ccccc3n2)cc1.Cc1c[c-]c(-n2nc3ccccc3n2)cc1.Cc1c[c-]c(-n2nc3ccccc3n2)cc1.[Ir+3]. The second-order valence-corrected chi connectivity index (χ2v) is 11.2. The van der Waals surface area contributed by atoms with Crippen LogP contribution in [0.1, 0.15) is 16.7 Å². The molecule has 240 valence electrons. The summed E-state index contributed by atoms with van der Waals surface area (Å²) in [5, 5.41) is 26.3. The number of hydrogen-bond donors (Lipinski definition) is 0. The van der Waals surface area contributed by atoms with Gasteiger partial charge in [0, 0.05) is 0 Å². The van der Waals surface area contributed by atoms with E-state index in [4.69, 9.17) is 0 Å². The van der Waals surface area contributed by atoms with Crippen LogP contribution in [0.2, 0.25) is 0 Å². The molecule has 0 amide bonds. The van der Waals surface area contributed by atoms with Crippen molar-refractivity contribution >= 4 is 33.1 Å². The summed E-state index contributed by atoms with van der Waals surface area (Å²) >= 11 is 0. The van der Waals surface area contributed by atoms with Crippen LogP contribution in [0, 0.1) is 39.0 Å². The average molecular weight is 817 g/mol. The second kappa shape index (κ2) is 14.9. The van der Waals surface area contributed by atoms with Crippen molar-refractivity contribution in [2.24, 2.45) is 0 Å². The molecule has 0 aliphatic heterocycles. The van der Waals surface area contributed by atoms with Crippen LogP contribution >= 0.6 is 0 Å². The maximum atomic E-state index is 4.39. The summed E-state index contributed by atoms with van der Waals surface area (Å²) < 4.78 is 0. The molecule has 0 radical (unpaired) electrons. The molecule has 49 heavy (non-hydrogen) atoms. The Bertz CT molecular complexity index is 2050. The van der Waals surface area contributed by atoms with Gasteiger partial charge in [-0.15, -0.1) is 18.2 Å². The van der Waals surface area contributed by atoms with Crippen LogP contribution < -0.4 is 0 Å². The summed E-state index contributed by atoms with van der Waals surface area (Å²) in [6.45, 7) is 6.11. The summed E-state index contributed by atoms with van der Waals surface area (Å²) in [5.74, 6) is 0. The van der Waals surface area contributed by atoms with Gasteiger partial charge in [-0.05, 0) is 53.5 Å². The molecule has 6 aromatic carbocycles.